The number of aromatic amines is 1. The number of hydrogen-bond donors (Lipinski definition) is 1. The van der Waals surface area contributed by atoms with Gasteiger partial charge in [-0.05, 0) is 18.9 Å². The monoisotopic (exact) mass is 320 g/mol. The number of benzene rings is 1. The van der Waals surface area contributed by atoms with Crippen LogP contribution in [0.25, 0.3) is 0 Å². The zero-order valence-corrected chi connectivity index (χ0v) is 13.8. The maximum Gasteiger partial charge on any atom is 0.343 e. The molecule has 1 amide bonds. The molecule has 0 saturated heterocycles. The first-order valence-electron chi connectivity index (χ1n) is 7.06. The molecule has 1 aromatic heterocycles. The van der Waals surface area contributed by atoms with Crippen molar-refractivity contribution in [2.45, 2.75) is 30.3 Å². The summed E-state index contributed by atoms with van der Waals surface area (Å²) in [5.74, 6) is -0.00458. The Hall–Kier alpha value is -2.02. The van der Waals surface area contributed by atoms with E-state index in [1.165, 1.54) is 16.7 Å². The molecule has 0 bridgehead atoms. The molecule has 2 rings (SSSR count). The molecule has 0 aliphatic heterocycles. The van der Waals surface area contributed by atoms with Gasteiger partial charge in [-0.15, -0.1) is 5.10 Å². The molecule has 2 aromatic rings. The molecule has 0 aliphatic carbocycles. The molecule has 0 radical (unpaired) electrons. The standard InChI is InChI=1S/C15H20N4O2S/c1-11(13(20)18(2)3)22-15-17-16-14(21)19(15)10-9-12-7-5-4-6-8-12/h4-8,11H,9-10H2,1-3H3,(H,16,21)/t11-/m0/s1. The van der Waals surface area contributed by atoms with E-state index in [4.69, 9.17) is 0 Å². The highest BCUT2D eigenvalue weighted by Crippen LogP contribution is 2.21. The Morgan fingerprint density at radius 2 is 2.05 bits per heavy atom. The number of nitrogens with one attached hydrogen (secondary N) is 1. The number of amides is 1. The van der Waals surface area contributed by atoms with Crippen molar-refractivity contribution in [3.8, 4) is 0 Å². The number of aromatic nitrogens is 3. The molecule has 1 atom stereocenters. The van der Waals surface area contributed by atoms with E-state index in [-0.39, 0.29) is 16.8 Å². The van der Waals surface area contributed by atoms with Gasteiger partial charge in [0.25, 0.3) is 0 Å². The van der Waals surface area contributed by atoms with Crippen LogP contribution < -0.4 is 5.69 Å². The van der Waals surface area contributed by atoms with Crippen molar-refractivity contribution in [3.63, 3.8) is 0 Å². The molecule has 0 unspecified atom stereocenters. The van der Waals surface area contributed by atoms with E-state index in [1.807, 2.05) is 37.3 Å². The van der Waals surface area contributed by atoms with E-state index in [0.29, 0.717) is 11.7 Å². The van der Waals surface area contributed by atoms with Gasteiger partial charge in [-0.25, -0.2) is 9.89 Å². The van der Waals surface area contributed by atoms with E-state index in [0.717, 1.165) is 12.0 Å². The molecule has 6 nitrogen and oxygen atoms in total. The van der Waals surface area contributed by atoms with Gasteiger partial charge >= 0.3 is 5.69 Å². The fourth-order valence-corrected chi connectivity index (χ4v) is 3.08. The van der Waals surface area contributed by atoms with Crippen molar-refractivity contribution >= 4 is 17.7 Å². The van der Waals surface area contributed by atoms with Gasteiger partial charge in [-0.1, -0.05) is 42.1 Å². The van der Waals surface area contributed by atoms with Crippen LogP contribution >= 0.6 is 11.8 Å². The van der Waals surface area contributed by atoms with Crippen LogP contribution in [0.1, 0.15) is 12.5 Å². The predicted octanol–water partition coefficient (Wildman–Crippen LogP) is 1.38. The van der Waals surface area contributed by atoms with E-state index < -0.39 is 0 Å². The van der Waals surface area contributed by atoms with E-state index in [2.05, 4.69) is 10.2 Å². The van der Waals surface area contributed by atoms with Gasteiger partial charge in [0.05, 0.1) is 5.25 Å². The third-order valence-corrected chi connectivity index (χ3v) is 4.34. The van der Waals surface area contributed by atoms with Gasteiger partial charge in [-0.2, -0.15) is 0 Å². The van der Waals surface area contributed by atoms with Gasteiger partial charge in [0.2, 0.25) is 5.91 Å². The summed E-state index contributed by atoms with van der Waals surface area (Å²) >= 11 is 1.29. The average Bonchev–Trinajstić information content (AvgIpc) is 2.85. The third kappa shape index (κ3) is 4.00. The molecule has 0 aliphatic rings. The molecule has 0 fully saturated rings. The van der Waals surface area contributed by atoms with Crippen molar-refractivity contribution < 1.29 is 4.79 Å². The first kappa shape index (κ1) is 16.4. The number of H-pyrrole nitrogens is 1. The highest BCUT2D eigenvalue weighted by atomic mass is 32.2. The Morgan fingerprint density at radius 3 is 2.68 bits per heavy atom. The van der Waals surface area contributed by atoms with E-state index in [9.17, 15) is 9.59 Å². The number of carbonyl (C=O) groups excluding carboxylic acids is 1. The number of aryl methyl sites for hydroxylation is 1. The third-order valence-electron chi connectivity index (χ3n) is 3.26. The van der Waals surface area contributed by atoms with Crippen LogP contribution in [0.2, 0.25) is 0 Å². The van der Waals surface area contributed by atoms with Gasteiger partial charge in [0.1, 0.15) is 0 Å². The molecule has 1 heterocycles. The maximum atomic E-state index is 11.9. The first-order valence-corrected chi connectivity index (χ1v) is 7.94. The number of nitrogens with zero attached hydrogens (tertiary/aromatic N) is 3. The Morgan fingerprint density at radius 1 is 1.36 bits per heavy atom. The van der Waals surface area contributed by atoms with Gasteiger partial charge in [0, 0.05) is 20.6 Å². The smallest absolute Gasteiger partial charge is 0.343 e. The number of hydrogen-bond acceptors (Lipinski definition) is 4. The Balaban J connectivity index is 2.08. The fraction of sp³-hybridized carbons (Fsp3) is 0.400. The van der Waals surface area contributed by atoms with E-state index >= 15 is 0 Å². The molecule has 1 N–H and O–H groups in total. The lowest BCUT2D eigenvalue weighted by atomic mass is 10.1. The first-order chi connectivity index (χ1) is 10.5. The van der Waals surface area contributed by atoms with Crippen molar-refractivity contribution in [2.24, 2.45) is 0 Å². The van der Waals surface area contributed by atoms with Crippen LogP contribution in [0.3, 0.4) is 0 Å². The summed E-state index contributed by atoms with van der Waals surface area (Å²) in [6, 6.07) is 9.96. The highest BCUT2D eigenvalue weighted by molar-refractivity contribution is 8.00. The zero-order chi connectivity index (χ0) is 16.1. The predicted molar refractivity (Wildman–Crippen MR) is 87.0 cm³/mol. The lowest BCUT2D eigenvalue weighted by molar-refractivity contribution is -0.127. The second-order valence-corrected chi connectivity index (χ2v) is 6.50. The zero-order valence-electron chi connectivity index (χ0n) is 12.9. The summed E-state index contributed by atoms with van der Waals surface area (Å²) in [6.07, 6.45) is 0.740. The molecular formula is C15H20N4O2S. The maximum absolute atomic E-state index is 11.9. The quantitative estimate of drug-likeness (QED) is 0.816. The fourth-order valence-electron chi connectivity index (χ4n) is 2.05. The number of thioether (sulfide) groups is 1. The molecular weight excluding hydrogens is 300 g/mol. The minimum Gasteiger partial charge on any atom is -0.348 e. The average molecular weight is 320 g/mol. The molecule has 22 heavy (non-hydrogen) atoms. The Kier molecular flexibility index (Phi) is 5.43. The Labute approximate surface area is 133 Å². The lowest BCUT2D eigenvalue weighted by Gasteiger charge is -2.16. The van der Waals surface area contributed by atoms with Crippen molar-refractivity contribution in [1.82, 2.24) is 19.7 Å². The molecule has 118 valence electrons. The summed E-state index contributed by atoms with van der Waals surface area (Å²) in [7, 11) is 3.43. The van der Waals surface area contributed by atoms with Gasteiger partial charge in [0.15, 0.2) is 5.16 Å². The second-order valence-electron chi connectivity index (χ2n) is 5.19. The van der Waals surface area contributed by atoms with Gasteiger partial charge < -0.3 is 4.90 Å². The summed E-state index contributed by atoms with van der Waals surface area (Å²) in [6.45, 7) is 2.35. The summed E-state index contributed by atoms with van der Waals surface area (Å²) in [5.41, 5.74) is 0.909. The molecule has 0 spiro atoms. The second kappa shape index (κ2) is 7.31. The SMILES string of the molecule is C[C@H](Sc1n[nH]c(=O)n1CCc1ccccc1)C(=O)N(C)C. The highest BCUT2D eigenvalue weighted by Gasteiger charge is 2.20. The Bertz CT molecular complexity index is 678. The van der Waals surface area contributed by atoms with Crippen LogP contribution in [0.15, 0.2) is 40.3 Å². The van der Waals surface area contributed by atoms with Crippen LogP contribution in [0, 0.1) is 0 Å². The van der Waals surface area contributed by atoms with Gasteiger partial charge in [-0.3, -0.25) is 9.36 Å². The molecule has 1 aromatic carbocycles. The van der Waals surface area contributed by atoms with Crippen LogP contribution in [-0.4, -0.2) is 44.9 Å². The summed E-state index contributed by atoms with van der Waals surface area (Å²) in [4.78, 5) is 25.3. The largest absolute Gasteiger partial charge is 0.348 e. The van der Waals surface area contributed by atoms with Crippen molar-refractivity contribution in [2.75, 3.05) is 14.1 Å². The van der Waals surface area contributed by atoms with E-state index in [1.54, 1.807) is 18.7 Å². The normalized spacial score (nSPS) is 12.1. The molecule has 7 heteroatoms. The van der Waals surface area contributed by atoms with Crippen LogP contribution in [-0.2, 0) is 17.8 Å². The minimum absolute atomic E-state index is 0.00458. The van der Waals surface area contributed by atoms with Crippen LogP contribution in [0.5, 0.6) is 0 Å². The van der Waals surface area contributed by atoms with Crippen LogP contribution in [0.4, 0.5) is 0 Å². The van der Waals surface area contributed by atoms with Crippen molar-refractivity contribution in [1.29, 1.82) is 0 Å². The molecule has 0 saturated carbocycles. The summed E-state index contributed by atoms with van der Waals surface area (Å²) in [5, 5.41) is 6.74. The summed E-state index contributed by atoms with van der Waals surface area (Å²) < 4.78 is 1.58. The number of rotatable bonds is 6. The van der Waals surface area contributed by atoms with Crippen molar-refractivity contribution in [3.05, 3.63) is 46.4 Å². The number of carbonyl (C=O) groups is 1. The minimum atomic E-state index is -0.291. The lowest BCUT2D eigenvalue weighted by Crippen LogP contribution is -2.30. The topological polar surface area (TPSA) is 71.0 Å².